The molecule has 2 aromatic rings. The van der Waals surface area contributed by atoms with Gasteiger partial charge in [-0.3, -0.25) is 4.98 Å². The van der Waals surface area contributed by atoms with Gasteiger partial charge in [-0.2, -0.15) is 0 Å². The summed E-state index contributed by atoms with van der Waals surface area (Å²) in [7, 11) is 0. The number of halogens is 2. The summed E-state index contributed by atoms with van der Waals surface area (Å²) < 4.78 is 35.6. The fraction of sp³-hybridized carbons (Fsp3) is 0.278. The molecular formula is C18H15F2NO2. The SMILES string of the molecule is CC1=C(C)C(C)(c2ccc3c(c2)OC(F)(F)O3)c2cccnc21. The van der Waals surface area contributed by atoms with E-state index in [0.717, 1.165) is 28.0 Å². The molecule has 0 radical (unpaired) electrons. The monoisotopic (exact) mass is 315 g/mol. The molecule has 23 heavy (non-hydrogen) atoms. The van der Waals surface area contributed by atoms with E-state index in [0.29, 0.717) is 0 Å². The Balaban J connectivity index is 1.89. The molecule has 0 spiro atoms. The quantitative estimate of drug-likeness (QED) is 0.775. The second-order valence-electron chi connectivity index (χ2n) is 6.10. The lowest BCUT2D eigenvalue weighted by Crippen LogP contribution is -2.26. The molecule has 1 aliphatic carbocycles. The van der Waals surface area contributed by atoms with Crippen LogP contribution in [0.1, 0.15) is 37.6 Å². The first-order valence-corrected chi connectivity index (χ1v) is 7.37. The van der Waals surface area contributed by atoms with E-state index < -0.39 is 11.7 Å². The van der Waals surface area contributed by atoms with Crippen LogP contribution in [0.5, 0.6) is 11.5 Å². The number of rotatable bonds is 1. The average Bonchev–Trinajstić information content (AvgIpc) is 2.94. The Bertz CT molecular complexity index is 860. The van der Waals surface area contributed by atoms with Gasteiger partial charge in [0.1, 0.15) is 0 Å². The summed E-state index contributed by atoms with van der Waals surface area (Å²) >= 11 is 0. The van der Waals surface area contributed by atoms with Gasteiger partial charge < -0.3 is 9.47 Å². The molecule has 1 atom stereocenters. The van der Waals surface area contributed by atoms with Crippen molar-refractivity contribution in [2.24, 2.45) is 0 Å². The second-order valence-corrected chi connectivity index (χ2v) is 6.10. The van der Waals surface area contributed by atoms with Crippen molar-refractivity contribution < 1.29 is 18.3 Å². The third-order valence-electron chi connectivity index (χ3n) is 4.99. The maximum atomic E-state index is 13.3. The van der Waals surface area contributed by atoms with Gasteiger partial charge in [0.25, 0.3) is 0 Å². The van der Waals surface area contributed by atoms with Crippen molar-refractivity contribution in [2.75, 3.05) is 0 Å². The summed E-state index contributed by atoms with van der Waals surface area (Å²) in [4.78, 5) is 4.47. The van der Waals surface area contributed by atoms with Crippen LogP contribution in [-0.4, -0.2) is 11.3 Å². The van der Waals surface area contributed by atoms with Crippen LogP contribution in [0.25, 0.3) is 5.57 Å². The largest absolute Gasteiger partial charge is 0.586 e. The number of hydrogen-bond donors (Lipinski definition) is 0. The lowest BCUT2D eigenvalue weighted by Gasteiger charge is -2.28. The maximum absolute atomic E-state index is 13.3. The summed E-state index contributed by atoms with van der Waals surface area (Å²) in [5.41, 5.74) is 4.74. The minimum atomic E-state index is -3.60. The van der Waals surface area contributed by atoms with Crippen molar-refractivity contribution >= 4 is 5.57 Å². The smallest absolute Gasteiger partial charge is 0.395 e. The van der Waals surface area contributed by atoms with Crippen LogP contribution in [0.15, 0.2) is 42.1 Å². The molecule has 0 N–H and O–H groups in total. The van der Waals surface area contributed by atoms with Crippen LogP contribution in [-0.2, 0) is 5.41 Å². The molecule has 0 saturated heterocycles. The number of fused-ring (bicyclic) bond motifs is 2. The van der Waals surface area contributed by atoms with Crippen molar-refractivity contribution in [2.45, 2.75) is 32.5 Å². The van der Waals surface area contributed by atoms with Gasteiger partial charge in [0.15, 0.2) is 11.5 Å². The minimum Gasteiger partial charge on any atom is -0.395 e. The molecule has 4 rings (SSSR count). The first-order chi connectivity index (χ1) is 10.8. The van der Waals surface area contributed by atoms with E-state index in [2.05, 4.69) is 28.3 Å². The van der Waals surface area contributed by atoms with E-state index in [1.807, 2.05) is 25.1 Å². The van der Waals surface area contributed by atoms with Crippen molar-refractivity contribution in [3.63, 3.8) is 0 Å². The molecule has 3 nitrogen and oxygen atoms in total. The van der Waals surface area contributed by atoms with Crippen LogP contribution < -0.4 is 9.47 Å². The molecule has 1 aromatic carbocycles. The topological polar surface area (TPSA) is 31.4 Å². The number of pyridine rings is 1. The van der Waals surface area contributed by atoms with Gasteiger partial charge >= 0.3 is 6.29 Å². The molecule has 0 amide bonds. The normalized spacial score (nSPS) is 24.0. The van der Waals surface area contributed by atoms with Crippen molar-refractivity contribution in [3.05, 3.63) is 58.9 Å². The Kier molecular flexibility index (Phi) is 2.66. The fourth-order valence-corrected chi connectivity index (χ4v) is 3.49. The number of benzene rings is 1. The molecular weight excluding hydrogens is 300 g/mol. The molecule has 0 saturated carbocycles. The Morgan fingerprint density at radius 2 is 1.78 bits per heavy atom. The molecule has 0 fully saturated rings. The third-order valence-corrected chi connectivity index (χ3v) is 4.99. The molecule has 1 aliphatic heterocycles. The van der Waals surface area contributed by atoms with Crippen LogP contribution in [0.2, 0.25) is 0 Å². The van der Waals surface area contributed by atoms with Gasteiger partial charge in [-0.15, -0.1) is 8.78 Å². The zero-order valence-electron chi connectivity index (χ0n) is 13.0. The van der Waals surface area contributed by atoms with E-state index in [1.54, 1.807) is 12.3 Å². The van der Waals surface area contributed by atoms with Crippen molar-refractivity contribution in [3.8, 4) is 11.5 Å². The van der Waals surface area contributed by atoms with E-state index in [1.165, 1.54) is 6.07 Å². The Hall–Kier alpha value is -2.43. The minimum absolute atomic E-state index is 0.0603. The van der Waals surface area contributed by atoms with Gasteiger partial charge in [0, 0.05) is 11.6 Å². The highest BCUT2D eigenvalue weighted by molar-refractivity contribution is 5.79. The average molecular weight is 315 g/mol. The highest BCUT2D eigenvalue weighted by Gasteiger charge is 2.45. The van der Waals surface area contributed by atoms with Gasteiger partial charge in [-0.1, -0.05) is 17.7 Å². The number of nitrogens with zero attached hydrogens (tertiary/aromatic N) is 1. The molecule has 2 heterocycles. The molecule has 2 aliphatic rings. The second kappa shape index (κ2) is 4.31. The van der Waals surface area contributed by atoms with Crippen molar-refractivity contribution in [1.82, 2.24) is 4.98 Å². The summed E-state index contributed by atoms with van der Waals surface area (Å²) in [6.45, 7) is 6.17. The zero-order chi connectivity index (χ0) is 16.4. The number of alkyl halides is 2. The fourth-order valence-electron chi connectivity index (χ4n) is 3.49. The summed E-state index contributed by atoms with van der Waals surface area (Å²) in [6.07, 6.45) is -1.83. The van der Waals surface area contributed by atoms with E-state index in [4.69, 9.17) is 0 Å². The lowest BCUT2D eigenvalue weighted by molar-refractivity contribution is -0.286. The molecule has 1 aromatic heterocycles. The standard InChI is InChI=1S/C18H15F2NO2/c1-10-11(2)17(3,13-5-4-8-21-16(10)13)12-6-7-14-15(9-12)23-18(19,20)22-14/h4-9H,1-3H3. The number of hydrogen-bond acceptors (Lipinski definition) is 3. The van der Waals surface area contributed by atoms with Gasteiger partial charge in [0.05, 0.1) is 5.69 Å². The first kappa shape index (κ1) is 14.2. The van der Waals surface area contributed by atoms with E-state index in [9.17, 15) is 8.78 Å². The highest BCUT2D eigenvalue weighted by atomic mass is 19.3. The van der Waals surface area contributed by atoms with Gasteiger partial charge in [-0.25, -0.2) is 0 Å². The summed E-state index contributed by atoms with van der Waals surface area (Å²) in [6, 6.07) is 8.90. The Labute approximate surface area is 132 Å². The third kappa shape index (κ3) is 1.82. The molecule has 118 valence electrons. The van der Waals surface area contributed by atoms with E-state index >= 15 is 0 Å². The summed E-state index contributed by atoms with van der Waals surface area (Å²) in [5.74, 6) is 0.127. The predicted octanol–water partition coefficient (Wildman–Crippen LogP) is 4.52. The van der Waals surface area contributed by atoms with Crippen LogP contribution in [0.4, 0.5) is 8.78 Å². The van der Waals surface area contributed by atoms with Gasteiger partial charge in [-0.05, 0) is 55.7 Å². The zero-order valence-corrected chi connectivity index (χ0v) is 13.0. The number of aromatic nitrogens is 1. The molecule has 5 heteroatoms. The lowest BCUT2D eigenvalue weighted by atomic mass is 9.74. The molecule has 0 bridgehead atoms. The summed E-state index contributed by atoms with van der Waals surface area (Å²) in [5, 5.41) is 0. The van der Waals surface area contributed by atoms with E-state index in [-0.39, 0.29) is 11.5 Å². The van der Waals surface area contributed by atoms with Crippen LogP contribution in [0, 0.1) is 0 Å². The van der Waals surface area contributed by atoms with Crippen LogP contribution >= 0.6 is 0 Å². The Morgan fingerprint density at radius 3 is 2.57 bits per heavy atom. The van der Waals surface area contributed by atoms with Gasteiger partial charge in [0.2, 0.25) is 0 Å². The Morgan fingerprint density at radius 1 is 1.04 bits per heavy atom. The first-order valence-electron chi connectivity index (χ1n) is 7.37. The number of allylic oxidation sites excluding steroid dienone is 2. The van der Waals surface area contributed by atoms with Crippen molar-refractivity contribution in [1.29, 1.82) is 0 Å². The maximum Gasteiger partial charge on any atom is 0.586 e. The highest BCUT2D eigenvalue weighted by Crippen LogP contribution is 2.51. The predicted molar refractivity (Wildman–Crippen MR) is 81.6 cm³/mol. The molecule has 1 unspecified atom stereocenters. The number of ether oxygens (including phenoxy) is 2. The van der Waals surface area contributed by atoms with Crippen LogP contribution in [0.3, 0.4) is 0 Å².